The van der Waals surface area contributed by atoms with Gasteiger partial charge in [0.15, 0.2) is 6.61 Å². The van der Waals surface area contributed by atoms with Crippen molar-refractivity contribution in [2.45, 2.75) is 12.8 Å². The van der Waals surface area contributed by atoms with E-state index >= 15 is 0 Å². The van der Waals surface area contributed by atoms with E-state index in [9.17, 15) is 19.2 Å². The summed E-state index contributed by atoms with van der Waals surface area (Å²) in [7, 11) is 0. The van der Waals surface area contributed by atoms with Gasteiger partial charge in [-0.15, -0.1) is 0 Å². The largest absolute Gasteiger partial charge is 0.456 e. The van der Waals surface area contributed by atoms with E-state index in [0.717, 1.165) is 4.90 Å². The van der Waals surface area contributed by atoms with E-state index in [0.29, 0.717) is 16.8 Å². The average Bonchev–Trinajstić information content (AvgIpc) is 2.95. The van der Waals surface area contributed by atoms with Crippen LogP contribution >= 0.6 is 23.2 Å². The Morgan fingerprint density at radius 1 is 0.966 bits per heavy atom. The first-order valence-electron chi connectivity index (χ1n) is 8.73. The Morgan fingerprint density at radius 3 is 2.28 bits per heavy atom. The molecule has 2 aromatic rings. The molecule has 0 bridgehead atoms. The van der Waals surface area contributed by atoms with Crippen molar-refractivity contribution >= 4 is 52.6 Å². The molecule has 1 aliphatic heterocycles. The predicted molar refractivity (Wildman–Crippen MR) is 107 cm³/mol. The van der Waals surface area contributed by atoms with Crippen LogP contribution in [-0.4, -0.2) is 41.7 Å². The summed E-state index contributed by atoms with van der Waals surface area (Å²) in [5, 5.41) is 2.98. The predicted octanol–water partition coefficient (Wildman–Crippen LogP) is 3.55. The van der Waals surface area contributed by atoms with E-state index in [-0.39, 0.29) is 41.2 Å². The number of amides is 3. The van der Waals surface area contributed by atoms with Gasteiger partial charge in [-0.25, -0.2) is 0 Å². The summed E-state index contributed by atoms with van der Waals surface area (Å²) >= 11 is 11.8. The molecule has 7 nitrogen and oxygen atoms in total. The smallest absolute Gasteiger partial charge is 0.306 e. The molecule has 9 heteroatoms. The SMILES string of the molecule is O=C(COC(=O)CCCN1C(=O)c2ccccc2C1=O)Nc1cccc(Cl)c1Cl. The number of esters is 1. The van der Waals surface area contributed by atoms with Crippen LogP contribution in [0.5, 0.6) is 0 Å². The number of rotatable bonds is 7. The van der Waals surface area contributed by atoms with Crippen molar-refractivity contribution in [3.8, 4) is 0 Å². The number of anilines is 1. The van der Waals surface area contributed by atoms with Crippen molar-refractivity contribution in [1.82, 2.24) is 4.90 Å². The second-order valence-electron chi connectivity index (χ2n) is 6.22. The van der Waals surface area contributed by atoms with Crippen molar-refractivity contribution < 1.29 is 23.9 Å². The van der Waals surface area contributed by atoms with E-state index in [1.807, 2.05) is 0 Å². The van der Waals surface area contributed by atoms with E-state index < -0.39 is 18.5 Å². The van der Waals surface area contributed by atoms with Crippen LogP contribution in [-0.2, 0) is 14.3 Å². The standard InChI is InChI=1S/C20H16Cl2N2O5/c21-14-7-3-8-15(18(14)22)23-16(25)11-29-17(26)9-4-10-24-19(27)12-5-1-2-6-13(12)20(24)28/h1-3,5-8H,4,9-11H2,(H,23,25). The summed E-state index contributed by atoms with van der Waals surface area (Å²) in [4.78, 5) is 49.3. The molecule has 1 N–H and O–H groups in total. The summed E-state index contributed by atoms with van der Waals surface area (Å²) in [5.74, 6) is -1.94. The Labute approximate surface area is 176 Å². The van der Waals surface area contributed by atoms with Gasteiger partial charge in [0.05, 0.1) is 26.9 Å². The molecule has 1 heterocycles. The molecule has 0 spiro atoms. The monoisotopic (exact) mass is 434 g/mol. The molecule has 0 radical (unpaired) electrons. The van der Waals surface area contributed by atoms with Crippen LogP contribution in [0, 0.1) is 0 Å². The number of benzene rings is 2. The van der Waals surface area contributed by atoms with Gasteiger partial charge >= 0.3 is 5.97 Å². The summed E-state index contributed by atoms with van der Waals surface area (Å²) in [6.07, 6.45) is 0.185. The van der Waals surface area contributed by atoms with Gasteiger partial charge in [-0.05, 0) is 30.7 Å². The molecule has 2 aromatic carbocycles. The zero-order chi connectivity index (χ0) is 21.0. The number of hydrogen-bond acceptors (Lipinski definition) is 5. The van der Waals surface area contributed by atoms with Gasteiger partial charge in [0.2, 0.25) is 0 Å². The highest BCUT2D eigenvalue weighted by Crippen LogP contribution is 2.29. The maximum atomic E-state index is 12.2. The number of imide groups is 1. The number of nitrogens with one attached hydrogen (secondary N) is 1. The van der Waals surface area contributed by atoms with Crippen LogP contribution in [0.15, 0.2) is 42.5 Å². The minimum atomic E-state index is -0.617. The number of halogens is 2. The van der Waals surface area contributed by atoms with Gasteiger partial charge in [0.1, 0.15) is 0 Å². The lowest BCUT2D eigenvalue weighted by Crippen LogP contribution is -2.31. The highest BCUT2D eigenvalue weighted by molar-refractivity contribution is 6.44. The fourth-order valence-corrected chi connectivity index (χ4v) is 3.18. The van der Waals surface area contributed by atoms with E-state index in [1.54, 1.807) is 42.5 Å². The Kier molecular flexibility index (Phi) is 6.51. The van der Waals surface area contributed by atoms with Gasteiger partial charge in [0, 0.05) is 13.0 Å². The van der Waals surface area contributed by atoms with Crippen molar-refractivity contribution in [3.63, 3.8) is 0 Å². The third-order valence-corrected chi connectivity index (χ3v) is 5.05. The molecular weight excluding hydrogens is 419 g/mol. The van der Waals surface area contributed by atoms with Crippen molar-refractivity contribution in [1.29, 1.82) is 0 Å². The van der Waals surface area contributed by atoms with Crippen LogP contribution in [0.1, 0.15) is 33.6 Å². The fourth-order valence-electron chi connectivity index (χ4n) is 2.83. The van der Waals surface area contributed by atoms with Gasteiger partial charge in [-0.2, -0.15) is 0 Å². The fraction of sp³-hybridized carbons (Fsp3) is 0.200. The van der Waals surface area contributed by atoms with Gasteiger partial charge in [-0.1, -0.05) is 41.4 Å². The molecule has 0 saturated heterocycles. The Hall–Kier alpha value is -2.90. The quantitative estimate of drug-likeness (QED) is 0.531. The van der Waals surface area contributed by atoms with Crippen LogP contribution in [0.25, 0.3) is 0 Å². The number of carbonyl (C=O) groups excluding carboxylic acids is 4. The highest BCUT2D eigenvalue weighted by Gasteiger charge is 2.34. The van der Waals surface area contributed by atoms with Crippen LogP contribution in [0.3, 0.4) is 0 Å². The molecule has 0 unspecified atom stereocenters. The van der Waals surface area contributed by atoms with Gasteiger partial charge in [0.25, 0.3) is 17.7 Å². The number of nitrogens with zero attached hydrogens (tertiary/aromatic N) is 1. The van der Waals surface area contributed by atoms with E-state index in [4.69, 9.17) is 27.9 Å². The van der Waals surface area contributed by atoms with Crippen molar-refractivity contribution in [2.24, 2.45) is 0 Å². The second-order valence-corrected chi connectivity index (χ2v) is 7.01. The highest BCUT2D eigenvalue weighted by atomic mass is 35.5. The van der Waals surface area contributed by atoms with Crippen LogP contribution in [0.4, 0.5) is 5.69 Å². The summed E-state index contributed by atoms with van der Waals surface area (Å²) in [5.41, 5.74) is 1.03. The minimum Gasteiger partial charge on any atom is -0.456 e. The van der Waals surface area contributed by atoms with Gasteiger partial charge < -0.3 is 10.1 Å². The second kappa shape index (κ2) is 9.07. The maximum absolute atomic E-state index is 12.2. The minimum absolute atomic E-state index is 0.0430. The first-order chi connectivity index (χ1) is 13.9. The molecule has 3 amide bonds. The van der Waals surface area contributed by atoms with Crippen LogP contribution in [0.2, 0.25) is 10.0 Å². The number of carbonyl (C=O) groups is 4. The molecule has 150 valence electrons. The summed E-state index contributed by atoms with van der Waals surface area (Å²) in [6, 6.07) is 11.3. The first kappa shape index (κ1) is 20.8. The first-order valence-corrected chi connectivity index (χ1v) is 9.49. The molecule has 0 aromatic heterocycles. The topological polar surface area (TPSA) is 92.8 Å². The van der Waals surface area contributed by atoms with Crippen LogP contribution < -0.4 is 5.32 Å². The molecule has 1 aliphatic rings. The summed E-state index contributed by atoms with van der Waals surface area (Å²) < 4.78 is 4.91. The number of hydrogen-bond donors (Lipinski definition) is 1. The summed E-state index contributed by atoms with van der Waals surface area (Å²) in [6.45, 7) is -0.402. The molecule has 0 aliphatic carbocycles. The lowest BCUT2D eigenvalue weighted by atomic mass is 10.1. The molecule has 0 saturated carbocycles. The molecule has 3 rings (SSSR count). The molecule has 0 fully saturated rings. The Bertz CT molecular complexity index is 958. The number of fused-ring (bicyclic) bond motifs is 1. The lowest BCUT2D eigenvalue weighted by molar-refractivity contribution is -0.147. The van der Waals surface area contributed by atoms with E-state index in [1.165, 1.54) is 0 Å². The molecule has 0 atom stereocenters. The third kappa shape index (κ3) is 4.75. The third-order valence-electron chi connectivity index (χ3n) is 4.23. The van der Waals surface area contributed by atoms with E-state index in [2.05, 4.69) is 5.32 Å². The Balaban J connectivity index is 1.42. The zero-order valence-corrected chi connectivity index (χ0v) is 16.6. The normalized spacial score (nSPS) is 12.7. The van der Waals surface area contributed by atoms with Crippen molar-refractivity contribution in [2.75, 3.05) is 18.5 Å². The maximum Gasteiger partial charge on any atom is 0.306 e. The lowest BCUT2D eigenvalue weighted by Gasteiger charge is -2.13. The zero-order valence-electron chi connectivity index (χ0n) is 15.1. The van der Waals surface area contributed by atoms with Crippen molar-refractivity contribution in [3.05, 3.63) is 63.6 Å². The number of ether oxygens (including phenoxy) is 1. The van der Waals surface area contributed by atoms with Gasteiger partial charge in [-0.3, -0.25) is 24.1 Å². The molecule has 29 heavy (non-hydrogen) atoms. The average molecular weight is 435 g/mol. The molecular formula is C20H16Cl2N2O5. The Morgan fingerprint density at radius 2 is 1.62 bits per heavy atom.